The maximum Gasteiger partial charge on any atom is 0.305 e. The molecule has 1 aromatic carbocycles. The van der Waals surface area contributed by atoms with Gasteiger partial charge in [-0.25, -0.2) is 0 Å². The Hall–Kier alpha value is -1.67. The Kier molecular flexibility index (Phi) is 5.73. The van der Waals surface area contributed by atoms with Crippen molar-refractivity contribution in [2.24, 2.45) is 10.2 Å². The van der Waals surface area contributed by atoms with Crippen LogP contribution >= 0.6 is 27.7 Å². The number of benzene rings is 1. The highest BCUT2D eigenvalue weighted by Crippen LogP contribution is 2.22. The van der Waals surface area contributed by atoms with Crippen molar-refractivity contribution in [3.05, 3.63) is 33.8 Å². The highest BCUT2D eigenvalue weighted by molar-refractivity contribution is 9.10. The Morgan fingerprint density at radius 1 is 1.55 bits per heavy atom. The molecule has 0 saturated carbocycles. The number of nitrogens with one attached hydrogen (secondary N) is 1. The zero-order valence-electron chi connectivity index (χ0n) is 11.7. The van der Waals surface area contributed by atoms with Crippen molar-refractivity contribution >= 4 is 51.0 Å². The van der Waals surface area contributed by atoms with E-state index in [0.717, 1.165) is 33.8 Å². The zero-order chi connectivity index (χ0) is 16.1. The van der Waals surface area contributed by atoms with Gasteiger partial charge in [0.25, 0.3) is 0 Å². The van der Waals surface area contributed by atoms with E-state index in [1.54, 1.807) is 6.21 Å². The molecule has 0 aromatic heterocycles. The predicted molar refractivity (Wildman–Crippen MR) is 90.3 cm³/mol. The maximum atomic E-state index is 11.6. The van der Waals surface area contributed by atoms with Gasteiger partial charge in [0.15, 0.2) is 5.17 Å². The topological polar surface area (TPSA) is 91.1 Å². The minimum absolute atomic E-state index is 0.231. The molecule has 1 fully saturated rings. The molecule has 6 nitrogen and oxygen atoms in total. The van der Waals surface area contributed by atoms with Crippen LogP contribution in [0, 0.1) is 0 Å². The molecule has 1 aliphatic rings. The number of hydrogen-bond acceptors (Lipinski definition) is 5. The second-order valence-corrected chi connectivity index (χ2v) is 6.65. The van der Waals surface area contributed by atoms with Crippen LogP contribution in [-0.4, -0.2) is 33.6 Å². The number of carboxylic acids is 1. The summed E-state index contributed by atoms with van der Waals surface area (Å²) < 4.78 is 0.948. The third-order valence-corrected chi connectivity index (χ3v) is 4.54. The number of hydrogen-bond donors (Lipinski definition) is 2. The molecule has 1 aliphatic heterocycles. The summed E-state index contributed by atoms with van der Waals surface area (Å²) in [5.41, 5.74) is 2.08. The number of amides is 1. The van der Waals surface area contributed by atoms with E-state index >= 15 is 0 Å². The second-order valence-electron chi connectivity index (χ2n) is 4.54. The molecule has 1 aromatic rings. The number of aryl methyl sites for hydroxylation is 1. The Balaban J connectivity index is 2.07. The van der Waals surface area contributed by atoms with Gasteiger partial charge < -0.3 is 10.4 Å². The van der Waals surface area contributed by atoms with Crippen LogP contribution < -0.4 is 5.32 Å². The lowest BCUT2D eigenvalue weighted by Crippen LogP contribution is -2.26. The molecule has 2 rings (SSSR count). The third kappa shape index (κ3) is 4.41. The number of carboxylic acid groups (broad SMARTS) is 1. The fourth-order valence-electron chi connectivity index (χ4n) is 1.90. The number of nitrogens with zero attached hydrogens (tertiary/aromatic N) is 2. The lowest BCUT2D eigenvalue weighted by Gasteiger charge is -2.02. The molecule has 2 N–H and O–H groups in total. The minimum atomic E-state index is -1.01. The first-order chi connectivity index (χ1) is 10.5. The van der Waals surface area contributed by atoms with Crippen molar-refractivity contribution < 1.29 is 14.7 Å². The van der Waals surface area contributed by atoms with Gasteiger partial charge >= 0.3 is 5.97 Å². The highest BCUT2D eigenvalue weighted by atomic mass is 79.9. The first-order valence-electron chi connectivity index (χ1n) is 6.58. The molecule has 1 unspecified atom stereocenters. The summed E-state index contributed by atoms with van der Waals surface area (Å²) in [7, 11) is 0. The molecule has 116 valence electrons. The fraction of sp³-hybridized carbons (Fsp3) is 0.286. The molecule has 1 atom stereocenters. The largest absolute Gasteiger partial charge is 0.481 e. The third-order valence-electron chi connectivity index (χ3n) is 2.97. The van der Waals surface area contributed by atoms with Crippen LogP contribution in [0.3, 0.4) is 0 Å². The Morgan fingerprint density at radius 2 is 2.32 bits per heavy atom. The van der Waals surface area contributed by atoms with Crippen molar-refractivity contribution in [2.45, 2.75) is 25.0 Å². The van der Waals surface area contributed by atoms with Crippen molar-refractivity contribution in [3.8, 4) is 0 Å². The summed E-state index contributed by atoms with van der Waals surface area (Å²) in [5, 5.41) is 18.8. The van der Waals surface area contributed by atoms with Crippen LogP contribution in [0.4, 0.5) is 0 Å². The Labute approximate surface area is 140 Å². The number of rotatable bonds is 5. The summed E-state index contributed by atoms with van der Waals surface area (Å²) in [6, 6.07) is 5.91. The van der Waals surface area contributed by atoms with Gasteiger partial charge in [-0.1, -0.05) is 40.7 Å². The van der Waals surface area contributed by atoms with Gasteiger partial charge in [0.1, 0.15) is 5.25 Å². The molecule has 1 amide bonds. The highest BCUT2D eigenvalue weighted by Gasteiger charge is 2.32. The van der Waals surface area contributed by atoms with Crippen molar-refractivity contribution in [3.63, 3.8) is 0 Å². The summed E-state index contributed by atoms with van der Waals surface area (Å²) in [6.45, 7) is 2.05. The van der Waals surface area contributed by atoms with E-state index in [2.05, 4.69) is 38.4 Å². The fourth-order valence-corrected chi connectivity index (χ4v) is 3.19. The average molecular weight is 384 g/mol. The van der Waals surface area contributed by atoms with Gasteiger partial charge in [0, 0.05) is 4.47 Å². The van der Waals surface area contributed by atoms with Gasteiger partial charge in [0.05, 0.1) is 12.6 Å². The van der Waals surface area contributed by atoms with Crippen molar-refractivity contribution in [2.75, 3.05) is 0 Å². The van der Waals surface area contributed by atoms with Crippen LogP contribution in [0.25, 0.3) is 0 Å². The van der Waals surface area contributed by atoms with Crippen molar-refractivity contribution in [1.82, 2.24) is 5.32 Å². The predicted octanol–water partition coefficient (Wildman–Crippen LogP) is 2.41. The lowest BCUT2D eigenvalue weighted by molar-refractivity contribution is -0.138. The van der Waals surface area contributed by atoms with E-state index in [0.29, 0.717) is 5.17 Å². The second kappa shape index (κ2) is 7.55. The normalized spacial score (nSPS) is 19.8. The Bertz CT molecular complexity index is 661. The smallest absolute Gasteiger partial charge is 0.305 e. The van der Waals surface area contributed by atoms with Crippen molar-refractivity contribution in [1.29, 1.82) is 0 Å². The summed E-state index contributed by atoms with van der Waals surface area (Å²) in [4.78, 5) is 22.2. The van der Waals surface area contributed by atoms with E-state index in [9.17, 15) is 9.59 Å². The van der Waals surface area contributed by atoms with Gasteiger partial charge in [-0.15, -0.1) is 5.10 Å². The molecule has 8 heteroatoms. The average Bonchev–Trinajstić information content (AvgIpc) is 2.78. The zero-order valence-corrected chi connectivity index (χ0v) is 14.1. The van der Waals surface area contributed by atoms with Gasteiger partial charge in [-0.2, -0.15) is 5.10 Å². The first-order valence-corrected chi connectivity index (χ1v) is 8.25. The monoisotopic (exact) mass is 383 g/mol. The number of halogens is 1. The van der Waals surface area contributed by atoms with Crippen LogP contribution in [0.2, 0.25) is 0 Å². The van der Waals surface area contributed by atoms with E-state index in [4.69, 9.17) is 5.11 Å². The summed E-state index contributed by atoms with van der Waals surface area (Å²) in [6.07, 6.45) is 2.26. The molecule has 22 heavy (non-hydrogen) atoms. The maximum absolute atomic E-state index is 11.6. The molecule has 0 radical (unpaired) electrons. The molecule has 0 spiro atoms. The molecular weight excluding hydrogens is 370 g/mol. The van der Waals surface area contributed by atoms with Gasteiger partial charge in [0.2, 0.25) is 5.91 Å². The number of aliphatic carboxylic acids is 1. The quantitative estimate of drug-likeness (QED) is 0.603. The van der Waals surface area contributed by atoms with Gasteiger partial charge in [-0.3, -0.25) is 9.59 Å². The summed E-state index contributed by atoms with van der Waals surface area (Å²) >= 11 is 4.49. The SMILES string of the molecule is CCc1ccc(Br)cc1C=NN=C1NC(=O)C(CC(=O)O)S1. The van der Waals surface area contributed by atoms with E-state index in [1.807, 2.05) is 18.2 Å². The van der Waals surface area contributed by atoms with E-state index in [-0.39, 0.29) is 12.3 Å². The lowest BCUT2D eigenvalue weighted by atomic mass is 10.1. The molecule has 0 aliphatic carbocycles. The van der Waals surface area contributed by atoms with E-state index < -0.39 is 11.2 Å². The molecular formula is C14H14BrN3O3S. The number of amidine groups is 1. The Morgan fingerprint density at radius 3 is 3.00 bits per heavy atom. The van der Waals surface area contributed by atoms with Crippen LogP contribution in [0.15, 0.2) is 32.9 Å². The molecule has 0 bridgehead atoms. The number of carbonyl (C=O) groups excluding carboxylic acids is 1. The first kappa shape index (κ1) is 16.7. The van der Waals surface area contributed by atoms with Crippen LogP contribution in [0.1, 0.15) is 24.5 Å². The minimum Gasteiger partial charge on any atom is -0.481 e. The number of thioether (sulfide) groups is 1. The van der Waals surface area contributed by atoms with Crippen LogP contribution in [0.5, 0.6) is 0 Å². The molecule has 1 saturated heterocycles. The standard InChI is InChI=1S/C14H14BrN3O3S/c1-2-8-3-4-10(15)5-9(8)7-16-18-14-17-13(21)11(22-14)6-12(19)20/h3-5,7,11H,2,6H2,1H3,(H,19,20)(H,17,18,21). The molecule has 1 heterocycles. The van der Waals surface area contributed by atoms with Crippen LogP contribution in [-0.2, 0) is 16.0 Å². The van der Waals surface area contributed by atoms with Gasteiger partial charge in [-0.05, 0) is 29.7 Å². The number of carbonyl (C=O) groups is 2. The summed E-state index contributed by atoms with van der Waals surface area (Å²) in [5.74, 6) is -1.36. The van der Waals surface area contributed by atoms with E-state index in [1.165, 1.54) is 0 Å².